The second-order valence-corrected chi connectivity index (χ2v) is 5.13. The molecule has 0 spiro atoms. The minimum atomic E-state index is -3.89. The van der Waals surface area contributed by atoms with Crippen molar-refractivity contribution >= 4 is 16.0 Å². The molecule has 3 N–H and O–H groups in total. The molecule has 8 nitrogen and oxygen atoms in total. The Balaban J connectivity index is 2.72. The number of carbonyl (C=O) groups is 1. The standard InChI is InChI=1S/C8H12N2O6S/c1-5-2-6(9-16-5)4-17(14,15)10-7(3-11)8(12)13/h2,7,10-11H,3-4H2,1H3,(H,12,13)/t7-/m1/s1. The summed E-state index contributed by atoms with van der Waals surface area (Å²) in [5, 5.41) is 20.7. The summed E-state index contributed by atoms with van der Waals surface area (Å²) in [5.74, 6) is -1.51. The molecule has 1 rings (SSSR count). The molecule has 0 aliphatic carbocycles. The van der Waals surface area contributed by atoms with Crippen LogP contribution in [0.5, 0.6) is 0 Å². The van der Waals surface area contributed by atoms with E-state index >= 15 is 0 Å². The molecule has 0 radical (unpaired) electrons. The van der Waals surface area contributed by atoms with Crippen LogP contribution in [0.1, 0.15) is 11.5 Å². The Labute approximate surface area is 97.3 Å². The highest BCUT2D eigenvalue weighted by molar-refractivity contribution is 7.88. The van der Waals surface area contributed by atoms with Crippen molar-refractivity contribution in [1.29, 1.82) is 0 Å². The Morgan fingerprint density at radius 2 is 2.29 bits per heavy atom. The maximum absolute atomic E-state index is 11.5. The van der Waals surface area contributed by atoms with Gasteiger partial charge in [-0.2, -0.15) is 4.72 Å². The molecule has 17 heavy (non-hydrogen) atoms. The predicted molar refractivity (Wildman–Crippen MR) is 55.5 cm³/mol. The van der Waals surface area contributed by atoms with Crippen molar-refractivity contribution in [2.75, 3.05) is 6.61 Å². The van der Waals surface area contributed by atoms with Gasteiger partial charge in [0.1, 0.15) is 23.2 Å². The van der Waals surface area contributed by atoms with E-state index in [1.165, 1.54) is 6.07 Å². The number of aliphatic carboxylic acids is 1. The van der Waals surface area contributed by atoms with E-state index in [1.807, 2.05) is 4.72 Å². The third kappa shape index (κ3) is 4.13. The number of aliphatic hydroxyl groups excluding tert-OH is 1. The van der Waals surface area contributed by atoms with Crippen LogP contribution in [0, 0.1) is 6.92 Å². The molecule has 0 unspecified atom stereocenters. The largest absolute Gasteiger partial charge is 0.480 e. The fraction of sp³-hybridized carbons (Fsp3) is 0.500. The monoisotopic (exact) mass is 264 g/mol. The van der Waals surface area contributed by atoms with Crippen LogP contribution in [0.25, 0.3) is 0 Å². The van der Waals surface area contributed by atoms with Gasteiger partial charge in [-0.05, 0) is 6.92 Å². The fourth-order valence-electron chi connectivity index (χ4n) is 1.10. The first-order chi connectivity index (χ1) is 7.84. The average Bonchev–Trinajstić information content (AvgIpc) is 2.59. The Hall–Kier alpha value is -1.45. The minimum Gasteiger partial charge on any atom is -0.480 e. The quantitative estimate of drug-likeness (QED) is 0.591. The lowest BCUT2D eigenvalue weighted by Gasteiger charge is -2.10. The Morgan fingerprint density at radius 1 is 1.65 bits per heavy atom. The molecule has 0 saturated heterocycles. The summed E-state index contributed by atoms with van der Waals surface area (Å²) in [4.78, 5) is 10.5. The third-order valence-electron chi connectivity index (χ3n) is 1.82. The van der Waals surface area contributed by atoms with E-state index in [1.54, 1.807) is 6.92 Å². The molecule has 0 bridgehead atoms. The number of carboxylic acid groups (broad SMARTS) is 1. The maximum Gasteiger partial charge on any atom is 0.324 e. The lowest BCUT2D eigenvalue weighted by atomic mass is 10.3. The van der Waals surface area contributed by atoms with Gasteiger partial charge >= 0.3 is 5.97 Å². The molecule has 1 aromatic heterocycles. The number of hydrogen-bond donors (Lipinski definition) is 3. The molecule has 9 heteroatoms. The van der Waals surface area contributed by atoms with Gasteiger partial charge < -0.3 is 14.7 Å². The molecule has 0 fully saturated rings. The van der Waals surface area contributed by atoms with Gasteiger partial charge in [0.2, 0.25) is 10.0 Å². The summed E-state index contributed by atoms with van der Waals surface area (Å²) in [5.41, 5.74) is 0.164. The highest BCUT2D eigenvalue weighted by Crippen LogP contribution is 2.06. The van der Waals surface area contributed by atoms with E-state index in [4.69, 9.17) is 10.2 Å². The van der Waals surface area contributed by atoms with Crippen LogP contribution >= 0.6 is 0 Å². The van der Waals surface area contributed by atoms with Crippen molar-refractivity contribution < 1.29 is 27.9 Å². The normalized spacial score (nSPS) is 13.5. The van der Waals surface area contributed by atoms with Crippen molar-refractivity contribution in [2.24, 2.45) is 0 Å². The van der Waals surface area contributed by atoms with Crippen LogP contribution in [0.15, 0.2) is 10.6 Å². The van der Waals surface area contributed by atoms with Gasteiger partial charge in [0.05, 0.1) is 6.61 Å². The van der Waals surface area contributed by atoms with Gasteiger partial charge in [0, 0.05) is 6.07 Å². The zero-order valence-corrected chi connectivity index (χ0v) is 9.77. The lowest BCUT2D eigenvalue weighted by molar-refractivity contribution is -0.139. The van der Waals surface area contributed by atoms with Crippen molar-refractivity contribution in [3.05, 3.63) is 17.5 Å². The number of aromatic nitrogens is 1. The maximum atomic E-state index is 11.5. The summed E-state index contributed by atoms with van der Waals surface area (Å²) in [6.45, 7) is 0.775. The summed E-state index contributed by atoms with van der Waals surface area (Å²) in [6, 6.07) is -0.137. The van der Waals surface area contributed by atoms with Crippen molar-refractivity contribution in [3.63, 3.8) is 0 Å². The van der Waals surface area contributed by atoms with Crippen molar-refractivity contribution in [2.45, 2.75) is 18.7 Å². The predicted octanol–water partition coefficient (Wildman–Crippen LogP) is -1.15. The zero-order chi connectivity index (χ0) is 13.1. The molecule has 1 aromatic rings. The molecule has 0 aliphatic rings. The smallest absolute Gasteiger partial charge is 0.324 e. The van der Waals surface area contributed by atoms with Gasteiger partial charge in [-0.25, -0.2) is 8.42 Å². The molecule has 1 heterocycles. The van der Waals surface area contributed by atoms with Gasteiger partial charge in [0.25, 0.3) is 0 Å². The number of rotatable bonds is 6. The van der Waals surface area contributed by atoms with Crippen molar-refractivity contribution in [3.8, 4) is 0 Å². The van der Waals surface area contributed by atoms with Gasteiger partial charge in [-0.3, -0.25) is 4.79 Å². The van der Waals surface area contributed by atoms with Gasteiger partial charge in [0.15, 0.2) is 0 Å². The van der Waals surface area contributed by atoms with E-state index in [9.17, 15) is 13.2 Å². The number of nitrogens with one attached hydrogen (secondary N) is 1. The van der Waals surface area contributed by atoms with Crippen molar-refractivity contribution in [1.82, 2.24) is 9.88 Å². The molecular formula is C8H12N2O6S. The number of aliphatic hydroxyl groups is 1. The second kappa shape index (κ2) is 5.25. The van der Waals surface area contributed by atoms with Crippen LogP contribution in [-0.2, 0) is 20.6 Å². The Morgan fingerprint density at radius 3 is 2.71 bits per heavy atom. The zero-order valence-electron chi connectivity index (χ0n) is 8.95. The number of carboxylic acids is 1. The number of aryl methyl sites for hydroxylation is 1. The third-order valence-corrected chi connectivity index (χ3v) is 3.14. The highest BCUT2D eigenvalue weighted by atomic mass is 32.2. The molecule has 96 valence electrons. The summed E-state index contributed by atoms with van der Waals surface area (Å²) < 4.78 is 29.6. The molecule has 0 aromatic carbocycles. The van der Waals surface area contributed by atoms with Crippen LogP contribution in [0.3, 0.4) is 0 Å². The van der Waals surface area contributed by atoms with E-state index in [0.29, 0.717) is 5.76 Å². The van der Waals surface area contributed by atoms with Gasteiger partial charge in [-0.15, -0.1) is 0 Å². The van der Waals surface area contributed by atoms with E-state index in [2.05, 4.69) is 9.68 Å². The molecule has 0 amide bonds. The minimum absolute atomic E-state index is 0.164. The number of nitrogens with zero attached hydrogens (tertiary/aromatic N) is 1. The van der Waals surface area contributed by atoms with E-state index in [0.717, 1.165) is 0 Å². The average molecular weight is 264 g/mol. The topological polar surface area (TPSA) is 130 Å². The van der Waals surface area contributed by atoms with Crippen LogP contribution in [0.4, 0.5) is 0 Å². The Bertz CT molecular complexity index is 494. The van der Waals surface area contributed by atoms with Gasteiger partial charge in [-0.1, -0.05) is 5.16 Å². The van der Waals surface area contributed by atoms with Crippen LogP contribution < -0.4 is 4.72 Å². The molecular weight excluding hydrogens is 252 g/mol. The molecule has 0 saturated carbocycles. The number of sulfonamides is 1. The second-order valence-electron chi connectivity index (χ2n) is 3.38. The van der Waals surface area contributed by atoms with E-state index < -0.39 is 34.4 Å². The highest BCUT2D eigenvalue weighted by Gasteiger charge is 2.24. The fourth-order valence-corrected chi connectivity index (χ4v) is 2.32. The first kappa shape index (κ1) is 13.6. The first-order valence-corrected chi connectivity index (χ1v) is 6.25. The molecule has 0 aliphatic heterocycles. The van der Waals surface area contributed by atoms with Crippen LogP contribution in [-0.4, -0.2) is 42.4 Å². The number of hydrogen-bond acceptors (Lipinski definition) is 6. The summed E-state index contributed by atoms with van der Waals surface area (Å²) in [6.07, 6.45) is 0. The Kier molecular flexibility index (Phi) is 4.21. The SMILES string of the molecule is Cc1cc(CS(=O)(=O)N[C@H](CO)C(=O)O)no1. The lowest BCUT2D eigenvalue weighted by Crippen LogP contribution is -2.43. The molecule has 1 atom stereocenters. The van der Waals surface area contributed by atoms with Crippen LogP contribution in [0.2, 0.25) is 0 Å². The van der Waals surface area contributed by atoms with E-state index in [-0.39, 0.29) is 5.69 Å². The summed E-state index contributed by atoms with van der Waals surface area (Å²) in [7, 11) is -3.89. The first-order valence-electron chi connectivity index (χ1n) is 4.60. The summed E-state index contributed by atoms with van der Waals surface area (Å²) >= 11 is 0.